The Morgan fingerprint density at radius 3 is 2.00 bits per heavy atom. The Hall–Kier alpha value is -2.39. The van der Waals surface area contributed by atoms with E-state index in [0.717, 1.165) is 17.1 Å². The second kappa shape index (κ2) is 5.19. The third-order valence-electron chi connectivity index (χ3n) is 3.49. The summed E-state index contributed by atoms with van der Waals surface area (Å²) in [4.78, 5) is 7.66. The molecule has 3 rings (SSSR count). The zero-order chi connectivity index (χ0) is 14.9. The van der Waals surface area contributed by atoms with E-state index in [4.69, 9.17) is 5.73 Å². The van der Waals surface area contributed by atoms with E-state index in [2.05, 4.69) is 46.4 Å². The maximum absolute atomic E-state index is 6.05. The molecule has 0 radical (unpaired) electrons. The van der Waals surface area contributed by atoms with Gasteiger partial charge in [0.25, 0.3) is 0 Å². The molecule has 3 N–H and O–H groups in total. The Bertz CT molecular complexity index is 719. The van der Waals surface area contributed by atoms with Gasteiger partial charge in [0, 0.05) is 0 Å². The predicted molar refractivity (Wildman–Crippen MR) is 86.7 cm³/mol. The summed E-state index contributed by atoms with van der Waals surface area (Å²) in [7, 11) is 0. The van der Waals surface area contributed by atoms with Crippen LogP contribution in [0.2, 0.25) is 0 Å². The first-order valence-corrected chi connectivity index (χ1v) is 7.04. The monoisotopic (exact) mass is 277 g/mol. The van der Waals surface area contributed by atoms with Crippen molar-refractivity contribution in [1.82, 2.24) is 9.97 Å². The van der Waals surface area contributed by atoms with E-state index in [1.54, 1.807) is 0 Å². The first-order chi connectivity index (χ1) is 10.0. The van der Waals surface area contributed by atoms with E-state index in [9.17, 15) is 0 Å². The van der Waals surface area contributed by atoms with Crippen LogP contribution in [0, 0.1) is 0 Å². The minimum atomic E-state index is -0.456. The van der Waals surface area contributed by atoms with E-state index in [1.165, 1.54) is 11.1 Å². The van der Waals surface area contributed by atoms with Crippen LogP contribution < -0.4 is 5.73 Å². The molecule has 0 amide bonds. The number of hydrogen-bond donors (Lipinski definition) is 2. The highest BCUT2D eigenvalue weighted by Gasteiger charge is 2.18. The Labute approximate surface area is 124 Å². The third kappa shape index (κ3) is 2.88. The summed E-state index contributed by atoms with van der Waals surface area (Å²) in [6.07, 6.45) is 1.83. The lowest BCUT2D eigenvalue weighted by Gasteiger charge is -2.14. The van der Waals surface area contributed by atoms with E-state index in [1.807, 2.05) is 38.2 Å². The molecule has 0 fully saturated rings. The molecular weight excluding hydrogens is 258 g/mol. The lowest BCUT2D eigenvalue weighted by Crippen LogP contribution is -2.30. The molecule has 0 saturated carbocycles. The van der Waals surface area contributed by atoms with Crippen LogP contribution in [-0.2, 0) is 5.54 Å². The molecule has 21 heavy (non-hydrogen) atoms. The Morgan fingerprint density at radius 1 is 0.857 bits per heavy atom. The number of nitrogens with two attached hydrogens (primary N) is 1. The first kappa shape index (κ1) is 13.6. The summed E-state index contributed by atoms with van der Waals surface area (Å²) in [5.41, 5.74) is 10.1. The molecule has 1 heterocycles. The number of benzene rings is 2. The maximum Gasteiger partial charge on any atom is 0.126 e. The molecule has 1 aromatic heterocycles. The highest BCUT2D eigenvalue weighted by molar-refractivity contribution is 5.68. The van der Waals surface area contributed by atoms with Gasteiger partial charge < -0.3 is 10.7 Å². The Balaban J connectivity index is 1.89. The molecular formula is C18H19N3. The van der Waals surface area contributed by atoms with Gasteiger partial charge in [0.15, 0.2) is 0 Å². The fourth-order valence-corrected chi connectivity index (χ4v) is 2.27. The average Bonchev–Trinajstić information content (AvgIpc) is 2.98. The second-order valence-corrected chi connectivity index (χ2v) is 5.81. The number of nitrogens with zero attached hydrogens (tertiary/aromatic N) is 1. The number of nitrogens with one attached hydrogen (secondary N) is 1. The van der Waals surface area contributed by atoms with Crippen LogP contribution in [0.3, 0.4) is 0 Å². The van der Waals surface area contributed by atoms with Crippen molar-refractivity contribution in [2.45, 2.75) is 19.4 Å². The number of imidazole rings is 1. The molecule has 0 saturated heterocycles. The van der Waals surface area contributed by atoms with Gasteiger partial charge >= 0.3 is 0 Å². The molecule has 0 aliphatic heterocycles. The molecule has 0 atom stereocenters. The smallest absolute Gasteiger partial charge is 0.126 e. The van der Waals surface area contributed by atoms with Gasteiger partial charge in [-0.25, -0.2) is 4.98 Å². The fourth-order valence-electron chi connectivity index (χ4n) is 2.27. The normalized spacial score (nSPS) is 11.6. The van der Waals surface area contributed by atoms with Crippen LogP contribution in [0.15, 0.2) is 60.8 Å². The molecule has 2 aromatic carbocycles. The third-order valence-corrected chi connectivity index (χ3v) is 3.49. The minimum Gasteiger partial charge on any atom is -0.340 e. The summed E-state index contributed by atoms with van der Waals surface area (Å²) in [5.74, 6) is 0.796. The highest BCUT2D eigenvalue weighted by atomic mass is 15.0. The Kier molecular flexibility index (Phi) is 3.35. The summed E-state index contributed by atoms with van der Waals surface area (Å²) in [5, 5.41) is 0. The molecule has 0 bridgehead atoms. The summed E-state index contributed by atoms with van der Waals surface area (Å²) >= 11 is 0. The van der Waals surface area contributed by atoms with Gasteiger partial charge in [0.1, 0.15) is 5.82 Å². The standard InChI is InChI=1S/C18H19N3/c1-18(2,19)17-20-12-16(21-17)15-10-8-14(9-11-15)13-6-4-3-5-7-13/h3-12H,19H2,1-2H3,(H,20,21). The first-order valence-electron chi connectivity index (χ1n) is 7.04. The van der Waals surface area contributed by atoms with Crippen molar-refractivity contribution in [3.05, 3.63) is 66.6 Å². The maximum atomic E-state index is 6.05. The van der Waals surface area contributed by atoms with Crippen LogP contribution in [0.25, 0.3) is 22.4 Å². The van der Waals surface area contributed by atoms with Gasteiger partial charge in [-0.3, -0.25) is 0 Å². The molecule has 0 unspecified atom stereocenters. The van der Waals surface area contributed by atoms with Crippen LogP contribution in [-0.4, -0.2) is 9.97 Å². The molecule has 3 aromatic rings. The van der Waals surface area contributed by atoms with E-state index >= 15 is 0 Å². The highest BCUT2D eigenvalue weighted by Crippen LogP contribution is 2.25. The zero-order valence-electron chi connectivity index (χ0n) is 12.3. The fraction of sp³-hybridized carbons (Fsp3) is 0.167. The molecule has 0 spiro atoms. The van der Waals surface area contributed by atoms with Crippen LogP contribution >= 0.6 is 0 Å². The lowest BCUT2D eigenvalue weighted by molar-refractivity contribution is 0.520. The molecule has 0 aliphatic rings. The quantitative estimate of drug-likeness (QED) is 0.762. The number of hydrogen-bond acceptors (Lipinski definition) is 2. The zero-order valence-corrected chi connectivity index (χ0v) is 12.3. The van der Waals surface area contributed by atoms with Gasteiger partial charge in [-0.1, -0.05) is 54.6 Å². The van der Waals surface area contributed by atoms with Gasteiger partial charge in [-0.15, -0.1) is 0 Å². The predicted octanol–water partition coefficient (Wildman–Crippen LogP) is 3.94. The van der Waals surface area contributed by atoms with Crippen molar-refractivity contribution >= 4 is 0 Å². The number of H-pyrrole nitrogens is 1. The molecule has 3 nitrogen and oxygen atoms in total. The van der Waals surface area contributed by atoms with Crippen LogP contribution in [0.5, 0.6) is 0 Å². The SMILES string of the molecule is CC(C)(N)c1ncc(-c2ccc(-c3ccccc3)cc2)[nH]1. The van der Waals surface area contributed by atoms with E-state index in [0.29, 0.717) is 0 Å². The molecule has 3 heteroatoms. The number of aromatic amines is 1. The van der Waals surface area contributed by atoms with Gasteiger partial charge in [0.05, 0.1) is 17.4 Å². The van der Waals surface area contributed by atoms with E-state index in [-0.39, 0.29) is 0 Å². The van der Waals surface area contributed by atoms with Crippen LogP contribution in [0.4, 0.5) is 0 Å². The second-order valence-electron chi connectivity index (χ2n) is 5.81. The minimum absolute atomic E-state index is 0.456. The molecule has 0 aliphatic carbocycles. The van der Waals surface area contributed by atoms with Crippen molar-refractivity contribution in [2.75, 3.05) is 0 Å². The van der Waals surface area contributed by atoms with Crippen molar-refractivity contribution in [1.29, 1.82) is 0 Å². The average molecular weight is 277 g/mol. The van der Waals surface area contributed by atoms with E-state index < -0.39 is 5.54 Å². The number of rotatable bonds is 3. The lowest BCUT2D eigenvalue weighted by atomic mass is 10.0. The van der Waals surface area contributed by atoms with Gasteiger partial charge in [-0.2, -0.15) is 0 Å². The van der Waals surface area contributed by atoms with Crippen molar-refractivity contribution in [3.8, 4) is 22.4 Å². The largest absolute Gasteiger partial charge is 0.340 e. The van der Waals surface area contributed by atoms with Gasteiger partial charge in [0.2, 0.25) is 0 Å². The van der Waals surface area contributed by atoms with Crippen molar-refractivity contribution < 1.29 is 0 Å². The molecule has 106 valence electrons. The summed E-state index contributed by atoms with van der Waals surface area (Å²) in [6, 6.07) is 18.8. The summed E-state index contributed by atoms with van der Waals surface area (Å²) < 4.78 is 0. The van der Waals surface area contributed by atoms with Crippen molar-refractivity contribution in [3.63, 3.8) is 0 Å². The summed E-state index contributed by atoms with van der Waals surface area (Å²) in [6.45, 7) is 3.88. The van der Waals surface area contributed by atoms with Crippen molar-refractivity contribution in [2.24, 2.45) is 5.73 Å². The topological polar surface area (TPSA) is 54.7 Å². The Morgan fingerprint density at radius 2 is 1.43 bits per heavy atom. The van der Waals surface area contributed by atoms with Gasteiger partial charge in [-0.05, 0) is 30.5 Å². The number of aromatic nitrogens is 2. The van der Waals surface area contributed by atoms with Crippen LogP contribution in [0.1, 0.15) is 19.7 Å².